The van der Waals surface area contributed by atoms with Gasteiger partial charge in [0.15, 0.2) is 5.82 Å². The van der Waals surface area contributed by atoms with Crippen LogP contribution in [-0.4, -0.2) is 4.98 Å². The first-order chi connectivity index (χ1) is 10.1. The highest BCUT2D eigenvalue weighted by Crippen LogP contribution is 2.28. The molecule has 0 N–H and O–H groups in total. The molecule has 1 aromatic carbocycles. The van der Waals surface area contributed by atoms with Gasteiger partial charge in [-0.3, -0.25) is 0 Å². The fourth-order valence-corrected chi connectivity index (χ4v) is 2.49. The highest BCUT2D eigenvalue weighted by Gasteiger charge is 2.11. The van der Waals surface area contributed by atoms with Crippen molar-refractivity contribution in [3.8, 4) is 11.1 Å². The molecule has 112 valence electrons. The minimum absolute atomic E-state index is 0.0235. The molecule has 4 heteroatoms. The highest BCUT2D eigenvalue weighted by atomic mass is 35.5. The summed E-state index contributed by atoms with van der Waals surface area (Å²) < 4.78 is 26.2. The van der Waals surface area contributed by atoms with Gasteiger partial charge in [0.2, 0.25) is 5.95 Å². The summed E-state index contributed by atoms with van der Waals surface area (Å²) >= 11 is 5.88. The third-order valence-electron chi connectivity index (χ3n) is 3.47. The predicted molar refractivity (Wildman–Crippen MR) is 82.4 cm³/mol. The molecule has 2 rings (SSSR count). The van der Waals surface area contributed by atoms with Crippen LogP contribution in [0.3, 0.4) is 0 Å². The number of hydrogen-bond acceptors (Lipinski definition) is 1. The Morgan fingerprint density at radius 1 is 1.05 bits per heavy atom. The van der Waals surface area contributed by atoms with Crippen molar-refractivity contribution in [1.82, 2.24) is 4.98 Å². The van der Waals surface area contributed by atoms with Crippen LogP contribution < -0.4 is 0 Å². The topological polar surface area (TPSA) is 12.9 Å². The maximum atomic E-state index is 13.3. The SMILES string of the molecule is CCCCCCc1ccc(-c2cc(F)c(F)nc2Cl)cc1. The maximum absolute atomic E-state index is 13.3. The monoisotopic (exact) mass is 309 g/mol. The lowest BCUT2D eigenvalue weighted by Crippen LogP contribution is -1.93. The number of hydrogen-bond donors (Lipinski definition) is 0. The number of nitrogens with zero attached hydrogens (tertiary/aromatic N) is 1. The van der Waals surface area contributed by atoms with Gasteiger partial charge in [0.1, 0.15) is 5.15 Å². The third-order valence-corrected chi connectivity index (χ3v) is 3.76. The molecular formula is C17H18ClF2N. The molecule has 0 aliphatic carbocycles. The molecule has 0 bridgehead atoms. The molecular weight excluding hydrogens is 292 g/mol. The Kier molecular flexibility index (Phi) is 5.68. The molecule has 1 nitrogen and oxygen atoms in total. The molecule has 0 aliphatic heterocycles. The van der Waals surface area contributed by atoms with E-state index in [2.05, 4.69) is 11.9 Å². The lowest BCUT2D eigenvalue weighted by atomic mass is 10.0. The van der Waals surface area contributed by atoms with Gasteiger partial charge in [0, 0.05) is 5.56 Å². The average Bonchev–Trinajstić information content (AvgIpc) is 2.48. The molecule has 0 fully saturated rings. The first-order valence-corrected chi connectivity index (χ1v) is 7.60. The van der Waals surface area contributed by atoms with Crippen LogP contribution in [0.2, 0.25) is 5.15 Å². The van der Waals surface area contributed by atoms with Crippen LogP contribution in [0.25, 0.3) is 11.1 Å². The first kappa shape index (κ1) is 15.9. The number of rotatable bonds is 6. The van der Waals surface area contributed by atoms with Crippen LogP contribution >= 0.6 is 11.6 Å². The Hall–Kier alpha value is -1.48. The van der Waals surface area contributed by atoms with Gasteiger partial charge in [-0.1, -0.05) is 62.1 Å². The highest BCUT2D eigenvalue weighted by molar-refractivity contribution is 6.32. The van der Waals surface area contributed by atoms with E-state index in [-0.39, 0.29) is 5.15 Å². The van der Waals surface area contributed by atoms with Crippen LogP contribution in [0.5, 0.6) is 0 Å². The zero-order valence-electron chi connectivity index (χ0n) is 12.0. The molecule has 21 heavy (non-hydrogen) atoms. The van der Waals surface area contributed by atoms with E-state index >= 15 is 0 Å². The first-order valence-electron chi connectivity index (χ1n) is 7.22. The predicted octanol–water partition coefficient (Wildman–Crippen LogP) is 5.80. The molecule has 1 aromatic heterocycles. The van der Waals surface area contributed by atoms with Crippen molar-refractivity contribution < 1.29 is 8.78 Å². The quantitative estimate of drug-likeness (QED) is 0.485. The average molecular weight is 310 g/mol. The van der Waals surface area contributed by atoms with E-state index in [1.54, 1.807) is 0 Å². The summed E-state index contributed by atoms with van der Waals surface area (Å²) in [4.78, 5) is 3.37. The van der Waals surface area contributed by atoms with E-state index in [4.69, 9.17) is 11.6 Å². The summed E-state index contributed by atoms with van der Waals surface area (Å²) in [5.74, 6) is -2.16. The fourth-order valence-electron chi connectivity index (χ4n) is 2.25. The molecule has 2 aromatic rings. The van der Waals surface area contributed by atoms with Gasteiger partial charge < -0.3 is 0 Å². The number of halogens is 3. The van der Waals surface area contributed by atoms with Crippen LogP contribution in [-0.2, 0) is 6.42 Å². The lowest BCUT2D eigenvalue weighted by Gasteiger charge is -2.06. The number of benzene rings is 1. The van der Waals surface area contributed by atoms with Crippen LogP contribution in [0, 0.1) is 11.8 Å². The molecule has 0 atom stereocenters. The van der Waals surface area contributed by atoms with Crippen LogP contribution in [0.1, 0.15) is 38.2 Å². The van der Waals surface area contributed by atoms with E-state index in [1.165, 1.54) is 31.2 Å². The van der Waals surface area contributed by atoms with Crippen molar-refractivity contribution >= 4 is 11.6 Å². The molecule has 0 saturated heterocycles. The summed E-state index contributed by atoms with van der Waals surface area (Å²) in [6, 6.07) is 8.82. The zero-order valence-corrected chi connectivity index (χ0v) is 12.8. The summed E-state index contributed by atoms with van der Waals surface area (Å²) in [6.07, 6.45) is 5.91. The normalized spacial score (nSPS) is 10.9. The maximum Gasteiger partial charge on any atom is 0.250 e. The minimum Gasteiger partial charge on any atom is -0.205 e. The van der Waals surface area contributed by atoms with Gasteiger partial charge in [-0.25, -0.2) is 9.37 Å². The second kappa shape index (κ2) is 7.51. The molecule has 0 radical (unpaired) electrons. The van der Waals surface area contributed by atoms with Crippen molar-refractivity contribution in [2.75, 3.05) is 0 Å². The molecule has 0 aliphatic rings. The van der Waals surface area contributed by atoms with E-state index < -0.39 is 11.8 Å². The standard InChI is InChI=1S/C17H18ClF2N/c1-2-3-4-5-6-12-7-9-13(10-8-12)14-11-15(19)17(20)21-16(14)18/h7-11H,2-6H2,1H3. The Morgan fingerprint density at radius 2 is 1.76 bits per heavy atom. The largest absolute Gasteiger partial charge is 0.250 e. The van der Waals surface area contributed by atoms with Crippen molar-refractivity contribution in [3.63, 3.8) is 0 Å². The van der Waals surface area contributed by atoms with Crippen molar-refractivity contribution in [3.05, 3.63) is 52.8 Å². The Morgan fingerprint density at radius 3 is 2.43 bits per heavy atom. The second-order valence-electron chi connectivity index (χ2n) is 5.11. The summed E-state index contributed by atoms with van der Waals surface area (Å²) in [7, 11) is 0. The summed E-state index contributed by atoms with van der Waals surface area (Å²) in [6.45, 7) is 2.19. The Balaban J connectivity index is 2.10. The van der Waals surface area contributed by atoms with Gasteiger partial charge in [-0.2, -0.15) is 4.39 Å². The Bertz CT molecular complexity index is 596. The molecule has 0 amide bonds. The third kappa shape index (κ3) is 4.24. The van der Waals surface area contributed by atoms with Gasteiger partial charge in [0.05, 0.1) is 0 Å². The van der Waals surface area contributed by atoms with Crippen LogP contribution in [0.4, 0.5) is 8.78 Å². The van der Waals surface area contributed by atoms with E-state index in [1.807, 2.05) is 24.3 Å². The number of aromatic nitrogens is 1. The van der Waals surface area contributed by atoms with Crippen molar-refractivity contribution in [2.24, 2.45) is 0 Å². The fraction of sp³-hybridized carbons (Fsp3) is 0.353. The van der Waals surface area contributed by atoms with Gasteiger partial charge in [-0.05, 0) is 30.0 Å². The van der Waals surface area contributed by atoms with Crippen LogP contribution in [0.15, 0.2) is 30.3 Å². The zero-order chi connectivity index (χ0) is 15.2. The van der Waals surface area contributed by atoms with E-state index in [0.29, 0.717) is 5.56 Å². The van der Waals surface area contributed by atoms with Crippen molar-refractivity contribution in [2.45, 2.75) is 39.0 Å². The molecule has 0 unspecified atom stereocenters. The minimum atomic E-state index is -1.17. The Labute approximate surface area is 129 Å². The van der Waals surface area contributed by atoms with Gasteiger partial charge in [-0.15, -0.1) is 0 Å². The van der Waals surface area contributed by atoms with E-state index in [9.17, 15) is 8.78 Å². The van der Waals surface area contributed by atoms with Gasteiger partial charge >= 0.3 is 0 Å². The molecule has 0 spiro atoms. The smallest absolute Gasteiger partial charge is 0.205 e. The van der Waals surface area contributed by atoms with Gasteiger partial charge in [0.25, 0.3) is 0 Å². The molecule has 1 heterocycles. The molecule has 0 saturated carbocycles. The number of aryl methyl sites for hydroxylation is 1. The number of pyridine rings is 1. The summed E-state index contributed by atoms with van der Waals surface area (Å²) in [5.41, 5.74) is 2.39. The summed E-state index contributed by atoms with van der Waals surface area (Å²) in [5, 5.41) is -0.0235. The number of unbranched alkanes of at least 4 members (excludes halogenated alkanes) is 3. The van der Waals surface area contributed by atoms with Crippen molar-refractivity contribution in [1.29, 1.82) is 0 Å². The second-order valence-corrected chi connectivity index (χ2v) is 5.46. The van der Waals surface area contributed by atoms with E-state index in [0.717, 1.165) is 18.1 Å². The lowest BCUT2D eigenvalue weighted by molar-refractivity contribution is 0.480.